The van der Waals surface area contributed by atoms with Crippen LogP contribution in [0.4, 0.5) is 8.78 Å². The third-order valence-electron chi connectivity index (χ3n) is 5.43. The fraction of sp³-hybridized carbons (Fsp3) is 0.217. The third kappa shape index (κ3) is 3.89. The Kier molecular flexibility index (Phi) is 5.01. The van der Waals surface area contributed by atoms with Crippen molar-refractivity contribution in [1.29, 1.82) is 0 Å². The van der Waals surface area contributed by atoms with Crippen molar-refractivity contribution in [3.8, 4) is 11.5 Å². The summed E-state index contributed by atoms with van der Waals surface area (Å²) in [4.78, 5) is 29.8. The number of aromatic nitrogens is 3. The van der Waals surface area contributed by atoms with Gasteiger partial charge in [0.1, 0.15) is 18.2 Å². The van der Waals surface area contributed by atoms with Crippen molar-refractivity contribution < 1.29 is 18.1 Å². The van der Waals surface area contributed by atoms with Gasteiger partial charge in [-0.1, -0.05) is 29.4 Å². The molecule has 1 aliphatic rings. The van der Waals surface area contributed by atoms with Crippen molar-refractivity contribution in [2.24, 2.45) is 0 Å². The standard InChI is InChI=1S/C23H18F2N4O3/c24-15-8-7-14(18(25)9-15)11-26-20(30)12-29-19-4-2-1-3-16(19)17(10-21(29)31)23-27-22(28-32-23)13-5-6-13/h1-4,7-10,13H,5-6,11-12H2,(H,26,30). The van der Waals surface area contributed by atoms with Gasteiger partial charge in [0.05, 0.1) is 11.1 Å². The van der Waals surface area contributed by atoms with Crippen molar-refractivity contribution in [2.75, 3.05) is 0 Å². The van der Waals surface area contributed by atoms with Crippen LogP contribution in [0.2, 0.25) is 0 Å². The lowest BCUT2D eigenvalue weighted by Crippen LogP contribution is -2.32. The molecule has 0 radical (unpaired) electrons. The summed E-state index contributed by atoms with van der Waals surface area (Å²) in [6, 6.07) is 11.6. The molecule has 2 aromatic heterocycles. The van der Waals surface area contributed by atoms with Gasteiger partial charge in [-0.15, -0.1) is 0 Å². The number of halogens is 2. The van der Waals surface area contributed by atoms with E-state index in [-0.39, 0.29) is 24.5 Å². The van der Waals surface area contributed by atoms with Crippen LogP contribution >= 0.6 is 0 Å². The maximum atomic E-state index is 13.8. The molecule has 0 bridgehead atoms. The van der Waals surface area contributed by atoms with Gasteiger partial charge in [-0.3, -0.25) is 14.2 Å². The second kappa shape index (κ2) is 7.99. The van der Waals surface area contributed by atoms with Gasteiger partial charge in [-0.2, -0.15) is 4.98 Å². The van der Waals surface area contributed by atoms with Crippen LogP contribution in [0.15, 0.2) is 57.8 Å². The molecule has 9 heteroatoms. The van der Waals surface area contributed by atoms with E-state index in [0.717, 1.165) is 25.0 Å². The van der Waals surface area contributed by atoms with Crippen LogP contribution in [0.3, 0.4) is 0 Å². The van der Waals surface area contributed by atoms with Crippen LogP contribution in [-0.2, 0) is 17.9 Å². The van der Waals surface area contributed by atoms with Gasteiger partial charge >= 0.3 is 0 Å². The van der Waals surface area contributed by atoms with Crippen LogP contribution < -0.4 is 10.9 Å². The number of nitrogens with zero attached hydrogens (tertiary/aromatic N) is 3. The van der Waals surface area contributed by atoms with Gasteiger partial charge < -0.3 is 9.84 Å². The Balaban J connectivity index is 1.42. The predicted molar refractivity (Wildman–Crippen MR) is 112 cm³/mol. The molecule has 0 unspecified atom stereocenters. The average molecular weight is 436 g/mol. The Bertz CT molecular complexity index is 1390. The summed E-state index contributed by atoms with van der Waals surface area (Å²) in [7, 11) is 0. The fourth-order valence-electron chi connectivity index (χ4n) is 3.58. The largest absolute Gasteiger partial charge is 0.350 e. The number of amides is 1. The number of rotatable bonds is 6. The number of hydrogen-bond donors (Lipinski definition) is 1. The maximum Gasteiger partial charge on any atom is 0.258 e. The molecule has 2 aromatic carbocycles. The van der Waals surface area contributed by atoms with Gasteiger partial charge in [-0.05, 0) is 25.0 Å². The first-order valence-electron chi connectivity index (χ1n) is 10.2. The number of hydrogen-bond acceptors (Lipinski definition) is 5. The molecule has 1 saturated carbocycles. The molecule has 0 atom stereocenters. The zero-order chi connectivity index (χ0) is 22.2. The smallest absolute Gasteiger partial charge is 0.258 e. The maximum absolute atomic E-state index is 13.8. The number of carbonyl (C=O) groups excluding carboxylic acids is 1. The highest BCUT2D eigenvalue weighted by molar-refractivity contribution is 5.93. The van der Waals surface area contributed by atoms with E-state index >= 15 is 0 Å². The molecule has 1 fully saturated rings. The molecule has 0 spiro atoms. The Morgan fingerprint density at radius 3 is 2.75 bits per heavy atom. The van der Waals surface area contributed by atoms with Crippen LogP contribution in [0, 0.1) is 11.6 Å². The Morgan fingerprint density at radius 1 is 1.16 bits per heavy atom. The average Bonchev–Trinajstić information content (AvgIpc) is 3.52. The predicted octanol–water partition coefficient (Wildman–Crippen LogP) is 3.52. The van der Waals surface area contributed by atoms with Gasteiger partial charge in [0, 0.05) is 35.5 Å². The zero-order valence-corrected chi connectivity index (χ0v) is 16.8. The minimum Gasteiger partial charge on any atom is -0.350 e. The summed E-state index contributed by atoms with van der Waals surface area (Å²) in [5.74, 6) is -0.704. The van der Waals surface area contributed by atoms with Crippen LogP contribution in [0.25, 0.3) is 22.4 Å². The normalized spacial score (nSPS) is 13.4. The van der Waals surface area contributed by atoms with E-state index in [9.17, 15) is 18.4 Å². The molecule has 0 saturated heterocycles. The Labute approximate surface area is 180 Å². The first kappa shape index (κ1) is 20.0. The molecule has 162 valence electrons. The molecular formula is C23H18F2N4O3. The third-order valence-corrected chi connectivity index (χ3v) is 5.43. The summed E-state index contributed by atoms with van der Waals surface area (Å²) in [6.45, 7) is -0.388. The lowest BCUT2D eigenvalue weighted by Gasteiger charge is -2.12. The van der Waals surface area contributed by atoms with Gasteiger partial charge in [0.2, 0.25) is 5.91 Å². The summed E-state index contributed by atoms with van der Waals surface area (Å²) in [5, 5.41) is 7.27. The van der Waals surface area contributed by atoms with Crippen molar-refractivity contribution >= 4 is 16.8 Å². The van der Waals surface area contributed by atoms with Crippen LogP contribution in [0.1, 0.15) is 30.1 Å². The van der Waals surface area contributed by atoms with Crippen molar-refractivity contribution in [3.05, 3.63) is 81.9 Å². The molecular weight excluding hydrogens is 418 g/mol. The van der Waals surface area contributed by atoms with E-state index in [4.69, 9.17) is 4.52 Å². The van der Waals surface area contributed by atoms with E-state index < -0.39 is 23.1 Å². The second-order valence-electron chi connectivity index (χ2n) is 7.74. The van der Waals surface area contributed by atoms with Crippen molar-refractivity contribution in [3.63, 3.8) is 0 Å². The van der Waals surface area contributed by atoms with Gasteiger partial charge in [0.25, 0.3) is 11.4 Å². The minimum absolute atomic E-state index is 0.123. The highest BCUT2D eigenvalue weighted by Crippen LogP contribution is 2.39. The number of fused-ring (bicyclic) bond motifs is 1. The molecule has 32 heavy (non-hydrogen) atoms. The van der Waals surface area contributed by atoms with Gasteiger partial charge in [-0.25, -0.2) is 8.78 Å². The first-order valence-corrected chi connectivity index (χ1v) is 10.2. The minimum atomic E-state index is -0.748. The number of para-hydroxylation sites is 1. The lowest BCUT2D eigenvalue weighted by atomic mass is 10.1. The quantitative estimate of drug-likeness (QED) is 0.500. The molecule has 1 aliphatic carbocycles. The van der Waals surface area contributed by atoms with Crippen LogP contribution in [-0.4, -0.2) is 20.6 Å². The second-order valence-corrected chi connectivity index (χ2v) is 7.74. The number of nitrogens with one attached hydrogen (secondary N) is 1. The topological polar surface area (TPSA) is 90.0 Å². The molecule has 4 aromatic rings. The zero-order valence-electron chi connectivity index (χ0n) is 16.8. The molecule has 1 amide bonds. The Hall–Kier alpha value is -3.88. The number of benzene rings is 2. The Morgan fingerprint density at radius 2 is 1.97 bits per heavy atom. The molecule has 7 nitrogen and oxygen atoms in total. The van der Waals surface area contributed by atoms with Crippen molar-refractivity contribution in [2.45, 2.75) is 31.8 Å². The first-order chi connectivity index (χ1) is 15.5. The summed E-state index contributed by atoms with van der Waals surface area (Å²) < 4.78 is 33.6. The molecule has 2 heterocycles. The number of pyridine rings is 1. The summed E-state index contributed by atoms with van der Waals surface area (Å²) in [6.07, 6.45) is 2.05. The molecule has 0 aliphatic heterocycles. The van der Waals surface area contributed by atoms with E-state index in [2.05, 4.69) is 15.5 Å². The highest BCUT2D eigenvalue weighted by atomic mass is 19.1. The van der Waals surface area contributed by atoms with Crippen molar-refractivity contribution in [1.82, 2.24) is 20.0 Å². The van der Waals surface area contributed by atoms with Crippen LogP contribution in [0.5, 0.6) is 0 Å². The lowest BCUT2D eigenvalue weighted by molar-refractivity contribution is -0.121. The fourth-order valence-corrected chi connectivity index (χ4v) is 3.58. The molecule has 1 N–H and O–H groups in total. The summed E-state index contributed by atoms with van der Waals surface area (Å²) in [5.41, 5.74) is 0.780. The van der Waals surface area contributed by atoms with E-state index in [0.29, 0.717) is 28.2 Å². The highest BCUT2D eigenvalue weighted by Gasteiger charge is 2.29. The monoisotopic (exact) mass is 436 g/mol. The SMILES string of the molecule is O=C(Cn1c(=O)cc(-c2nc(C3CC3)no2)c2ccccc21)NCc1ccc(F)cc1F. The number of carbonyl (C=O) groups is 1. The van der Waals surface area contributed by atoms with Gasteiger partial charge in [0.15, 0.2) is 5.82 Å². The molecule has 5 rings (SSSR count). The van der Waals surface area contributed by atoms with E-state index in [1.807, 2.05) is 12.1 Å². The van der Waals surface area contributed by atoms with E-state index in [1.165, 1.54) is 16.7 Å². The van der Waals surface area contributed by atoms with E-state index in [1.54, 1.807) is 12.1 Å². The summed E-state index contributed by atoms with van der Waals surface area (Å²) >= 11 is 0.